The number of halogens is 1. The van der Waals surface area contributed by atoms with Crippen LogP contribution in [0.25, 0.3) is 0 Å². The summed E-state index contributed by atoms with van der Waals surface area (Å²) in [7, 11) is 0. The Balaban J connectivity index is 2.14. The number of carbonyl (C=O) groups is 1. The number of hydrogen-bond donors (Lipinski definition) is 2. The van der Waals surface area contributed by atoms with Crippen LogP contribution in [0, 0.1) is 0 Å². The monoisotopic (exact) mass is 313 g/mol. The summed E-state index contributed by atoms with van der Waals surface area (Å²) >= 11 is 3.33. The lowest BCUT2D eigenvalue weighted by Crippen LogP contribution is -2.35. The molecule has 0 spiro atoms. The van der Waals surface area contributed by atoms with E-state index in [1.807, 2.05) is 6.92 Å². The van der Waals surface area contributed by atoms with Gasteiger partial charge in [0.15, 0.2) is 0 Å². The van der Waals surface area contributed by atoms with Crippen LogP contribution in [0.3, 0.4) is 0 Å². The molecule has 0 saturated carbocycles. The molecule has 1 aromatic heterocycles. The first-order chi connectivity index (χ1) is 8.70. The Morgan fingerprint density at radius 2 is 2.50 bits per heavy atom. The SMILES string of the molecule is CCNc1ncc(Br)cc1C(=O)NC1CCOC1. The first kappa shape index (κ1) is 13.3. The molecular weight excluding hydrogens is 298 g/mol. The van der Waals surface area contributed by atoms with Crippen LogP contribution in [-0.2, 0) is 4.74 Å². The third-order valence-corrected chi connectivity index (χ3v) is 3.14. The molecule has 1 amide bonds. The Bertz CT molecular complexity index is 433. The van der Waals surface area contributed by atoms with Gasteiger partial charge in [-0.15, -0.1) is 0 Å². The van der Waals surface area contributed by atoms with Gasteiger partial charge in [0.2, 0.25) is 0 Å². The minimum Gasteiger partial charge on any atom is -0.379 e. The van der Waals surface area contributed by atoms with Crippen LogP contribution in [0.15, 0.2) is 16.7 Å². The fraction of sp³-hybridized carbons (Fsp3) is 0.500. The van der Waals surface area contributed by atoms with Crippen molar-refractivity contribution in [3.8, 4) is 0 Å². The Kier molecular flexibility index (Phi) is 4.54. The lowest BCUT2D eigenvalue weighted by Gasteiger charge is -2.13. The number of hydrogen-bond acceptors (Lipinski definition) is 4. The highest BCUT2D eigenvalue weighted by molar-refractivity contribution is 9.10. The predicted octanol–water partition coefficient (Wildman–Crippen LogP) is 1.79. The molecule has 2 N–H and O–H groups in total. The summed E-state index contributed by atoms with van der Waals surface area (Å²) in [4.78, 5) is 16.4. The van der Waals surface area contributed by atoms with E-state index in [0.717, 1.165) is 17.4 Å². The summed E-state index contributed by atoms with van der Waals surface area (Å²) in [5.41, 5.74) is 0.554. The van der Waals surface area contributed by atoms with Crippen molar-refractivity contribution in [1.82, 2.24) is 10.3 Å². The second-order valence-electron chi connectivity index (χ2n) is 4.11. The molecule has 0 aromatic carbocycles. The van der Waals surface area contributed by atoms with E-state index in [1.54, 1.807) is 12.3 Å². The Morgan fingerprint density at radius 1 is 1.67 bits per heavy atom. The van der Waals surface area contributed by atoms with Crippen LogP contribution in [0.1, 0.15) is 23.7 Å². The smallest absolute Gasteiger partial charge is 0.255 e. The van der Waals surface area contributed by atoms with Crippen LogP contribution in [-0.4, -0.2) is 36.7 Å². The van der Waals surface area contributed by atoms with Crippen molar-refractivity contribution in [2.45, 2.75) is 19.4 Å². The van der Waals surface area contributed by atoms with Crippen molar-refractivity contribution >= 4 is 27.7 Å². The summed E-state index contributed by atoms with van der Waals surface area (Å²) in [6.45, 7) is 3.99. The summed E-state index contributed by atoms with van der Waals surface area (Å²) < 4.78 is 6.03. The largest absolute Gasteiger partial charge is 0.379 e. The molecule has 0 bridgehead atoms. The summed E-state index contributed by atoms with van der Waals surface area (Å²) in [5.74, 6) is 0.493. The molecule has 6 heteroatoms. The molecule has 1 aliphatic rings. The number of aromatic nitrogens is 1. The van der Waals surface area contributed by atoms with Crippen LogP contribution in [0.4, 0.5) is 5.82 Å². The molecule has 1 unspecified atom stereocenters. The van der Waals surface area contributed by atoms with Crippen LogP contribution >= 0.6 is 15.9 Å². The summed E-state index contributed by atoms with van der Waals surface area (Å²) in [5, 5.41) is 6.04. The number of pyridine rings is 1. The highest BCUT2D eigenvalue weighted by Crippen LogP contribution is 2.18. The van der Waals surface area contributed by atoms with Gasteiger partial charge in [-0.2, -0.15) is 0 Å². The van der Waals surface area contributed by atoms with E-state index in [0.29, 0.717) is 24.6 Å². The zero-order valence-corrected chi connectivity index (χ0v) is 11.8. The topological polar surface area (TPSA) is 63.2 Å². The maximum absolute atomic E-state index is 12.2. The van der Waals surface area contributed by atoms with Crippen molar-refractivity contribution in [3.63, 3.8) is 0 Å². The quantitative estimate of drug-likeness (QED) is 0.889. The molecule has 0 radical (unpaired) electrons. The van der Waals surface area contributed by atoms with E-state index in [-0.39, 0.29) is 11.9 Å². The van der Waals surface area contributed by atoms with E-state index >= 15 is 0 Å². The van der Waals surface area contributed by atoms with Crippen molar-refractivity contribution in [3.05, 3.63) is 22.3 Å². The Labute approximate surface area is 114 Å². The molecule has 5 nitrogen and oxygen atoms in total. The first-order valence-corrected chi connectivity index (χ1v) is 6.78. The molecule has 98 valence electrons. The molecule has 2 heterocycles. The molecule has 1 atom stereocenters. The number of nitrogens with zero attached hydrogens (tertiary/aromatic N) is 1. The highest BCUT2D eigenvalue weighted by atomic mass is 79.9. The van der Waals surface area contributed by atoms with E-state index in [1.165, 1.54) is 0 Å². The second kappa shape index (κ2) is 6.15. The molecule has 1 aromatic rings. The van der Waals surface area contributed by atoms with Crippen LogP contribution in [0.5, 0.6) is 0 Å². The minimum atomic E-state index is -0.116. The maximum atomic E-state index is 12.2. The van der Waals surface area contributed by atoms with Gasteiger partial charge in [-0.25, -0.2) is 4.98 Å². The van der Waals surface area contributed by atoms with E-state index in [4.69, 9.17) is 4.74 Å². The average molecular weight is 314 g/mol. The maximum Gasteiger partial charge on any atom is 0.255 e. The molecule has 18 heavy (non-hydrogen) atoms. The third kappa shape index (κ3) is 3.20. The molecule has 1 saturated heterocycles. The van der Waals surface area contributed by atoms with Gasteiger partial charge in [0.1, 0.15) is 5.82 Å². The normalized spacial score (nSPS) is 18.7. The first-order valence-electron chi connectivity index (χ1n) is 5.98. The molecule has 1 aliphatic heterocycles. The Morgan fingerprint density at radius 3 is 3.17 bits per heavy atom. The van der Waals surface area contributed by atoms with Gasteiger partial charge in [-0.1, -0.05) is 0 Å². The van der Waals surface area contributed by atoms with E-state index in [2.05, 4.69) is 31.5 Å². The third-order valence-electron chi connectivity index (χ3n) is 2.71. The number of anilines is 1. The van der Waals surface area contributed by atoms with Gasteiger partial charge in [0, 0.05) is 23.8 Å². The number of rotatable bonds is 4. The van der Waals surface area contributed by atoms with Crippen molar-refractivity contribution < 1.29 is 9.53 Å². The van der Waals surface area contributed by atoms with Crippen LogP contribution in [0.2, 0.25) is 0 Å². The van der Waals surface area contributed by atoms with Crippen molar-refractivity contribution in [2.24, 2.45) is 0 Å². The van der Waals surface area contributed by atoms with E-state index in [9.17, 15) is 4.79 Å². The van der Waals surface area contributed by atoms with E-state index < -0.39 is 0 Å². The standard InChI is InChI=1S/C12H16BrN3O2/c1-2-14-11-10(5-8(13)6-15-11)12(17)16-9-3-4-18-7-9/h5-6,9H,2-4,7H2,1H3,(H,14,15)(H,16,17). The van der Waals surface area contributed by atoms with Crippen molar-refractivity contribution in [2.75, 3.05) is 25.1 Å². The Hall–Kier alpha value is -1.14. The molecular formula is C12H16BrN3O2. The van der Waals surface area contributed by atoms with Gasteiger partial charge in [-0.05, 0) is 35.3 Å². The molecule has 0 aliphatic carbocycles. The highest BCUT2D eigenvalue weighted by Gasteiger charge is 2.20. The number of carbonyl (C=O) groups excluding carboxylic acids is 1. The van der Waals surface area contributed by atoms with Gasteiger partial charge >= 0.3 is 0 Å². The fourth-order valence-electron chi connectivity index (χ4n) is 1.83. The van der Waals surface area contributed by atoms with Gasteiger partial charge in [0.25, 0.3) is 5.91 Å². The number of amides is 1. The second-order valence-corrected chi connectivity index (χ2v) is 5.03. The fourth-order valence-corrected chi connectivity index (χ4v) is 2.16. The van der Waals surface area contributed by atoms with Gasteiger partial charge in [0.05, 0.1) is 18.2 Å². The zero-order chi connectivity index (χ0) is 13.0. The number of nitrogens with one attached hydrogen (secondary N) is 2. The average Bonchev–Trinajstić information content (AvgIpc) is 2.84. The minimum absolute atomic E-state index is 0.103. The summed E-state index contributed by atoms with van der Waals surface area (Å²) in [6, 6.07) is 1.88. The lowest BCUT2D eigenvalue weighted by atomic mass is 10.2. The van der Waals surface area contributed by atoms with Crippen molar-refractivity contribution in [1.29, 1.82) is 0 Å². The number of ether oxygens (including phenoxy) is 1. The van der Waals surface area contributed by atoms with Gasteiger partial charge in [-0.3, -0.25) is 4.79 Å². The zero-order valence-electron chi connectivity index (χ0n) is 10.2. The lowest BCUT2D eigenvalue weighted by molar-refractivity contribution is 0.0930. The summed E-state index contributed by atoms with van der Waals surface area (Å²) in [6.07, 6.45) is 2.54. The molecule has 2 rings (SSSR count). The van der Waals surface area contributed by atoms with Crippen LogP contribution < -0.4 is 10.6 Å². The predicted molar refractivity (Wildman–Crippen MR) is 72.8 cm³/mol. The molecule has 1 fully saturated rings. The van der Waals surface area contributed by atoms with Gasteiger partial charge < -0.3 is 15.4 Å².